The lowest BCUT2D eigenvalue weighted by molar-refractivity contribution is 0.792. The lowest BCUT2D eigenvalue weighted by atomic mass is 10.0. The van der Waals surface area contributed by atoms with Gasteiger partial charge in [-0.05, 0) is 35.6 Å². The first kappa shape index (κ1) is 12.6. The number of imidazole rings is 1. The van der Waals surface area contributed by atoms with Crippen LogP contribution in [0, 0.1) is 0 Å². The molecule has 0 saturated carbocycles. The molecule has 0 spiro atoms. The summed E-state index contributed by atoms with van der Waals surface area (Å²) < 4.78 is 0. The van der Waals surface area contributed by atoms with Crippen LogP contribution in [0.2, 0.25) is 5.28 Å². The Morgan fingerprint density at radius 1 is 1.05 bits per heavy atom. The molecule has 6 heteroatoms. The van der Waals surface area contributed by atoms with Crippen molar-refractivity contribution in [2.75, 3.05) is 18.0 Å². The zero-order valence-corrected chi connectivity index (χ0v) is 12.1. The molecule has 0 amide bonds. The van der Waals surface area contributed by atoms with Crippen molar-refractivity contribution in [2.45, 2.75) is 12.8 Å². The van der Waals surface area contributed by atoms with E-state index in [-0.39, 0.29) is 5.28 Å². The molecule has 3 heterocycles. The number of aromatic nitrogens is 4. The molecule has 0 atom stereocenters. The number of anilines is 1. The molecular formula is C15H14ClN5. The second-order valence-electron chi connectivity index (χ2n) is 5.17. The van der Waals surface area contributed by atoms with Gasteiger partial charge >= 0.3 is 0 Å². The molecule has 0 unspecified atom stereocenters. The number of fused-ring (bicyclic) bond motifs is 2. The Balaban J connectivity index is 1.72. The summed E-state index contributed by atoms with van der Waals surface area (Å²) in [5, 5.41) is 0.242. The molecule has 3 aromatic rings. The number of hydrogen-bond donors (Lipinski definition) is 1. The molecule has 1 aliphatic rings. The first-order valence-corrected chi connectivity index (χ1v) is 7.37. The Morgan fingerprint density at radius 3 is 2.48 bits per heavy atom. The quantitative estimate of drug-likeness (QED) is 0.702. The van der Waals surface area contributed by atoms with Gasteiger partial charge in [0.05, 0.1) is 6.33 Å². The van der Waals surface area contributed by atoms with Crippen molar-refractivity contribution in [1.82, 2.24) is 19.9 Å². The SMILES string of the molecule is Clc1nc(N2CCc3ccccc3CC2)c2[nH]cnc2n1. The number of rotatable bonds is 1. The molecule has 5 nitrogen and oxygen atoms in total. The maximum absolute atomic E-state index is 6.03. The van der Waals surface area contributed by atoms with Crippen molar-refractivity contribution in [1.29, 1.82) is 0 Å². The van der Waals surface area contributed by atoms with Crippen molar-refractivity contribution in [2.24, 2.45) is 0 Å². The Labute approximate surface area is 127 Å². The van der Waals surface area contributed by atoms with Crippen LogP contribution in [0.1, 0.15) is 11.1 Å². The Bertz CT molecular complexity index is 771. The highest BCUT2D eigenvalue weighted by Gasteiger charge is 2.19. The predicted octanol–water partition coefficient (Wildman–Crippen LogP) is 2.61. The summed E-state index contributed by atoms with van der Waals surface area (Å²) in [6.07, 6.45) is 3.65. The van der Waals surface area contributed by atoms with Gasteiger partial charge in [-0.2, -0.15) is 9.97 Å². The summed E-state index contributed by atoms with van der Waals surface area (Å²) in [6, 6.07) is 8.61. The minimum atomic E-state index is 0.242. The third-order valence-corrected chi connectivity index (χ3v) is 4.13. The summed E-state index contributed by atoms with van der Waals surface area (Å²) in [5.41, 5.74) is 4.30. The standard InChI is InChI=1S/C15H14ClN5/c16-15-19-13-12(17-9-18-13)14(20-15)21-7-5-10-3-1-2-4-11(10)6-8-21/h1-4,9H,5-8H2,(H,17,18,19,20). The first-order chi connectivity index (χ1) is 10.3. The lowest BCUT2D eigenvalue weighted by Gasteiger charge is -2.21. The highest BCUT2D eigenvalue weighted by molar-refractivity contribution is 6.28. The molecule has 1 aliphatic heterocycles. The average Bonchev–Trinajstić information content (AvgIpc) is 2.85. The molecule has 4 rings (SSSR count). The van der Waals surface area contributed by atoms with E-state index in [1.165, 1.54) is 11.1 Å². The minimum absolute atomic E-state index is 0.242. The van der Waals surface area contributed by atoms with Crippen molar-refractivity contribution >= 4 is 28.6 Å². The highest BCUT2D eigenvalue weighted by atomic mass is 35.5. The van der Waals surface area contributed by atoms with E-state index in [0.29, 0.717) is 5.65 Å². The van der Waals surface area contributed by atoms with Crippen LogP contribution in [0.15, 0.2) is 30.6 Å². The normalized spacial score (nSPS) is 15.0. The summed E-state index contributed by atoms with van der Waals surface area (Å²) >= 11 is 6.03. The van der Waals surface area contributed by atoms with E-state index in [1.54, 1.807) is 6.33 Å². The maximum atomic E-state index is 6.03. The molecule has 0 fully saturated rings. The van der Waals surface area contributed by atoms with E-state index in [4.69, 9.17) is 11.6 Å². The lowest BCUT2D eigenvalue weighted by Crippen LogP contribution is -2.27. The fraction of sp³-hybridized carbons (Fsp3) is 0.267. The van der Waals surface area contributed by atoms with E-state index in [0.717, 1.165) is 37.3 Å². The van der Waals surface area contributed by atoms with Gasteiger partial charge in [-0.1, -0.05) is 24.3 Å². The number of halogens is 1. The van der Waals surface area contributed by atoms with Crippen LogP contribution in [0.3, 0.4) is 0 Å². The van der Waals surface area contributed by atoms with E-state index in [9.17, 15) is 0 Å². The predicted molar refractivity (Wildman–Crippen MR) is 82.8 cm³/mol. The van der Waals surface area contributed by atoms with Crippen molar-refractivity contribution < 1.29 is 0 Å². The first-order valence-electron chi connectivity index (χ1n) is 6.99. The molecule has 0 aliphatic carbocycles. The summed E-state index contributed by atoms with van der Waals surface area (Å²) in [7, 11) is 0. The van der Waals surface area contributed by atoms with Gasteiger partial charge in [-0.25, -0.2) is 4.98 Å². The second kappa shape index (κ2) is 5.00. The second-order valence-corrected chi connectivity index (χ2v) is 5.51. The van der Waals surface area contributed by atoms with Gasteiger partial charge in [0, 0.05) is 13.1 Å². The van der Waals surface area contributed by atoms with E-state index in [1.807, 2.05) is 0 Å². The number of nitrogens with zero attached hydrogens (tertiary/aromatic N) is 4. The number of benzene rings is 1. The molecule has 0 bridgehead atoms. The minimum Gasteiger partial charge on any atom is -0.354 e. The zero-order valence-electron chi connectivity index (χ0n) is 11.4. The van der Waals surface area contributed by atoms with E-state index < -0.39 is 0 Å². The fourth-order valence-corrected chi connectivity index (χ4v) is 3.06. The smallest absolute Gasteiger partial charge is 0.226 e. The molecule has 21 heavy (non-hydrogen) atoms. The van der Waals surface area contributed by atoms with Crippen LogP contribution in [-0.4, -0.2) is 33.0 Å². The topological polar surface area (TPSA) is 57.7 Å². The van der Waals surface area contributed by atoms with Gasteiger partial charge < -0.3 is 9.88 Å². The Hall–Kier alpha value is -2.14. The van der Waals surface area contributed by atoms with Crippen LogP contribution in [0.4, 0.5) is 5.82 Å². The number of aromatic amines is 1. The van der Waals surface area contributed by atoms with Crippen LogP contribution < -0.4 is 4.90 Å². The Morgan fingerprint density at radius 2 is 1.76 bits per heavy atom. The molecule has 1 N–H and O–H groups in total. The maximum Gasteiger partial charge on any atom is 0.226 e. The van der Waals surface area contributed by atoms with Crippen LogP contribution in [-0.2, 0) is 12.8 Å². The largest absolute Gasteiger partial charge is 0.354 e. The number of hydrogen-bond acceptors (Lipinski definition) is 4. The highest BCUT2D eigenvalue weighted by Crippen LogP contribution is 2.25. The van der Waals surface area contributed by atoms with Crippen LogP contribution in [0.25, 0.3) is 11.2 Å². The monoisotopic (exact) mass is 299 g/mol. The molecule has 1 aromatic carbocycles. The van der Waals surface area contributed by atoms with Crippen LogP contribution >= 0.6 is 11.6 Å². The molecule has 0 saturated heterocycles. The number of H-pyrrole nitrogens is 1. The van der Waals surface area contributed by atoms with Gasteiger partial charge in [0.15, 0.2) is 11.5 Å². The average molecular weight is 300 g/mol. The summed E-state index contributed by atoms with van der Waals surface area (Å²) in [4.78, 5) is 18.1. The molecule has 106 valence electrons. The third-order valence-electron chi connectivity index (χ3n) is 3.96. The third kappa shape index (κ3) is 2.23. The van der Waals surface area contributed by atoms with Crippen molar-refractivity contribution in [3.05, 3.63) is 47.0 Å². The molecular weight excluding hydrogens is 286 g/mol. The molecule has 0 radical (unpaired) electrons. The number of nitrogens with one attached hydrogen (secondary N) is 1. The van der Waals surface area contributed by atoms with E-state index >= 15 is 0 Å². The van der Waals surface area contributed by atoms with Crippen molar-refractivity contribution in [3.8, 4) is 0 Å². The fourth-order valence-electron chi connectivity index (χ4n) is 2.90. The van der Waals surface area contributed by atoms with Gasteiger partial charge in [-0.3, -0.25) is 0 Å². The van der Waals surface area contributed by atoms with Gasteiger partial charge in [0.2, 0.25) is 5.28 Å². The van der Waals surface area contributed by atoms with E-state index in [2.05, 4.69) is 49.1 Å². The summed E-state index contributed by atoms with van der Waals surface area (Å²) in [6.45, 7) is 1.83. The van der Waals surface area contributed by atoms with Gasteiger partial charge in [0.1, 0.15) is 5.52 Å². The Kier molecular flexibility index (Phi) is 3.00. The zero-order chi connectivity index (χ0) is 14.2. The van der Waals surface area contributed by atoms with Gasteiger partial charge in [0.25, 0.3) is 0 Å². The summed E-state index contributed by atoms with van der Waals surface area (Å²) in [5.74, 6) is 0.843. The van der Waals surface area contributed by atoms with Crippen LogP contribution in [0.5, 0.6) is 0 Å². The van der Waals surface area contributed by atoms with Gasteiger partial charge in [-0.15, -0.1) is 0 Å². The van der Waals surface area contributed by atoms with Crippen molar-refractivity contribution in [3.63, 3.8) is 0 Å². The molecule has 2 aromatic heterocycles.